The third kappa shape index (κ3) is 12.5. The highest BCUT2D eigenvalue weighted by molar-refractivity contribution is 6.27. The Morgan fingerprint density at radius 2 is 1.04 bits per heavy atom. The first kappa shape index (κ1) is 51.8. The summed E-state index contributed by atoms with van der Waals surface area (Å²) in [4.78, 5) is 49.7. The number of nitrogens with zero attached hydrogens (tertiary/aromatic N) is 1. The van der Waals surface area contributed by atoms with Crippen LogP contribution in [-0.4, -0.2) is 123 Å². The zero-order valence-corrected chi connectivity index (χ0v) is 41.1. The van der Waals surface area contributed by atoms with E-state index in [9.17, 15) is 19.2 Å². The van der Waals surface area contributed by atoms with Crippen molar-refractivity contribution in [3.63, 3.8) is 0 Å². The van der Waals surface area contributed by atoms with E-state index in [1.807, 2.05) is 53.4 Å². The lowest BCUT2D eigenvalue weighted by molar-refractivity contribution is -0.124. The van der Waals surface area contributed by atoms with Crippen LogP contribution in [0.1, 0.15) is 61.0 Å². The molecule has 0 bridgehead atoms. The molecule has 372 valence electrons. The van der Waals surface area contributed by atoms with Crippen LogP contribution in [0.2, 0.25) is 0 Å². The number of amides is 4. The Morgan fingerprint density at radius 3 is 1.43 bits per heavy atom. The average Bonchev–Trinajstić information content (AvgIpc) is 3.59. The predicted molar refractivity (Wildman–Crippen MR) is 258 cm³/mol. The SMILES string of the molecule is COc1cc2c(c(OC)c1OC)-c1ccc(OCNC(=O)CCl)cc1[C@@H](NC(C)=O)CC2.COc1cc2c(c(OC)c1OC)-c1ccc(OCNC(=O)CN3CCOCC3)cc1[C@@H](NC(C)=O)CC2. The van der Waals surface area contributed by atoms with Crippen molar-refractivity contribution in [1.29, 1.82) is 0 Å². The first-order valence-electron chi connectivity index (χ1n) is 22.5. The molecule has 0 aromatic heterocycles. The highest BCUT2D eigenvalue weighted by atomic mass is 35.5. The second kappa shape index (κ2) is 24.6. The molecule has 18 nitrogen and oxygen atoms in total. The maximum Gasteiger partial charge on any atom is 0.237 e. The molecule has 69 heavy (non-hydrogen) atoms. The molecule has 1 aliphatic heterocycles. The number of rotatable bonds is 17. The number of nitrogens with one attached hydrogen (secondary N) is 4. The number of halogens is 1. The summed E-state index contributed by atoms with van der Waals surface area (Å²) >= 11 is 5.50. The van der Waals surface area contributed by atoms with Crippen molar-refractivity contribution in [3.05, 3.63) is 70.8 Å². The van der Waals surface area contributed by atoms with E-state index < -0.39 is 0 Å². The number of methoxy groups -OCH3 is 6. The summed E-state index contributed by atoms with van der Waals surface area (Å²) in [6.07, 6.45) is 2.73. The second-order valence-corrected chi connectivity index (χ2v) is 16.5. The fourth-order valence-electron chi connectivity index (χ4n) is 8.86. The molecule has 4 aromatic rings. The molecule has 1 saturated heterocycles. The van der Waals surface area contributed by atoms with Gasteiger partial charge in [0.1, 0.15) is 17.4 Å². The molecule has 7 rings (SSSR count). The van der Waals surface area contributed by atoms with Crippen molar-refractivity contribution in [2.45, 2.75) is 51.6 Å². The Morgan fingerprint density at radius 1 is 0.609 bits per heavy atom. The number of morpholine rings is 1. The van der Waals surface area contributed by atoms with Gasteiger partial charge in [0.2, 0.25) is 35.1 Å². The van der Waals surface area contributed by atoms with Gasteiger partial charge in [0.05, 0.1) is 74.5 Å². The molecule has 19 heteroatoms. The molecule has 0 saturated carbocycles. The number of benzene rings is 4. The molecular formula is C50H62ClN5O13. The number of hydrogen-bond donors (Lipinski definition) is 4. The normalized spacial score (nSPS) is 15.8. The van der Waals surface area contributed by atoms with Crippen molar-refractivity contribution in [2.24, 2.45) is 0 Å². The lowest BCUT2D eigenvalue weighted by Crippen LogP contribution is -2.43. The van der Waals surface area contributed by atoms with Crippen molar-refractivity contribution < 1.29 is 61.8 Å². The first-order valence-corrected chi connectivity index (χ1v) is 23.0. The van der Waals surface area contributed by atoms with Gasteiger partial charge >= 0.3 is 0 Å². The molecule has 2 atom stereocenters. The van der Waals surface area contributed by atoms with Crippen molar-refractivity contribution >= 4 is 35.2 Å². The monoisotopic (exact) mass is 975 g/mol. The van der Waals surface area contributed by atoms with Gasteiger partial charge in [-0.1, -0.05) is 12.1 Å². The zero-order chi connectivity index (χ0) is 49.6. The molecule has 4 N–H and O–H groups in total. The maximum atomic E-state index is 12.3. The number of carbonyl (C=O) groups excluding carboxylic acids is 4. The minimum absolute atomic E-state index is 0.0138. The molecule has 0 unspecified atom stereocenters. The summed E-state index contributed by atoms with van der Waals surface area (Å²) in [6, 6.07) is 14.7. The quantitative estimate of drug-likeness (QED) is 0.0765. The zero-order valence-electron chi connectivity index (χ0n) is 40.4. The molecule has 1 fully saturated rings. The van der Waals surface area contributed by atoms with Crippen molar-refractivity contribution in [1.82, 2.24) is 26.2 Å². The molecule has 0 spiro atoms. The Bertz CT molecular complexity index is 2480. The first-order chi connectivity index (χ1) is 33.4. The van der Waals surface area contributed by atoms with Crippen LogP contribution in [0.15, 0.2) is 48.5 Å². The predicted octanol–water partition coefficient (Wildman–Crippen LogP) is 5.48. The van der Waals surface area contributed by atoms with Gasteiger partial charge in [-0.05, 0) is 95.5 Å². The van der Waals surface area contributed by atoms with E-state index in [2.05, 4.69) is 21.3 Å². The van der Waals surface area contributed by atoms with Gasteiger partial charge in [-0.15, -0.1) is 11.6 Å². The van der Waals surface area contributed by atoms with E-state index in [1.165, 1.54) is 13.8 Å². The van der Waals surface area contributed by atoms with Crippen LogP contribution in [0.5, 0.6) is 46.0 Å². The van der Waals surface area contributed by atoms with E-state index in [-0.39, 0.29) is 55.1 Å². The van der Waals surface area contributed by atoms with Gasteiger partial charge in [-0.25, -0.2) is 0 Å². The Balaban J connectivity index is 0.000000229. The molecule has 0 radical (unpaired) electrons. The topological polar surface area (TPSA) is 203 Å². The molecule has 3 aliphatic rings. The maximum absolute atomic E-state index is 12.3. The number of hydrogen-bond acceptors (Lipinski definition) is 14. The van der Waals surface area contributed by atoms with Gasteiger partial charge < -0.3 is 63.9 Å². The van der Waals surface area contributed by atoms with E-state index in [1.54, 1.807) is 42.7 Å². The Hall–Kier alpha value is -6.63. The second-order valence-electron chi connectivity index (χ2n) is 16.2. The molecule has 4 amide bonds. The largest absolute Gasteiger partial charge is 0.493 e. The minimum atomic E-state index is -0.322. The molecule has 1 heterocycles. The summed E-state index contributed by atoms with van der Waals surface area (Å²) in [5, 5.41) is 11.5. The number of aryl methyl sites for hydroxylation is 2. The van der Waals surface area contributed by atoms with E-state index >= 15 is 0 Å². The third-order valence-electron chi connectivity index (χ3n) is 11.9. The van der Waals surface area contributed by atoms with E-state index in [0.717, 1.165) is 57.6 Å². The number of carbonyl (C=O) groups is 4. The van der Waals surface area contributed by atoms with Crippen LogP contribution >= 0.6 is 11.6 Å². The highest BCUT2D eigenvalue weighted by Gasteiger charge is 2.32. The van der Waals surface area contributed by atoms with Gasteiger partial charge in [0.25, 0.3) is 0 Å². The van der Waals surface area contributed by atoms with Crippen LogP contribution in [-0.2, 0) is 36.8 Å². The molecular weight excluding hydrogens is 914 g/mol. The lowest BCUT2D eigenvalue weighted by atomic mass is 9.93. The molecule has 4 aromatic carbocycles. The minimum Gasteiger partial charge on any atom is -0.493 e. The van der Waals surface area contributed by atoms with Crippen LogP contribution in [0.4, 0.5) is 0 Å². The lowest BCUT2D eigenvalue weighted by Gasteiger charge is -2.25. The van der Waals surface area contributed by atoms with Gasteiger partial charge in [-0.2, -0.15) is 0 Å². The van der Waals surface area contributed by atoms with Gasteiger partial charge in [-0.3, -0.25) is 24.1 Å². The van der Waals surface area contributed by atoms with E-state index in [4.69, 9.17) is 54.2 Å². The van der Waals surface area contributed by atoms with Crippen molar-refractivity contribution in [2.75, 3.05) is 94.8 Å². The van der Waals surface area contributed by atoms with E-state index in [0.29, 0.717) is 91.4 Å². The van der Waals surface area contributed by atoms with Crippen LogP contribution in [0.25, 0.3) is 22.3 Å². The standard InChI is InChI=1S/C27H35N3O7.C23H27ClN2O6/c1-17(31)29-22-8-5-18-13-23(33-2)26(34-3)27(35-4)25(18)20-7-6-19(14-21(20)22)37-16-28-24(32)15-30-9-11-36-12-10-30;1-13(27)26-18-8-5-14-9-19(29-2)22(30-3)23(31-4)21(14)16-7-6-15(10-17(16)18)32-12-25-20(28)11-24/h6-7,13-14,22H,5,8-12,15-16H2,1-4H3,(H,28,32)(H,29,31);6-7,9-10,18H,5,8,11-12H2,1-4H3,(H,25,28)(H,26,27)/t22-;18-/m00/s1. The fraction of sp³-hybridized carbons (Fsp3) is 0.440. The van der Waals surface area contributed by atoms with Gasteiger partial charge in [0, 0.05) is 38.1 Å². The number of ether oxygens (including phenoxy) is 9. The fourth-order valence-corrected chi connectivity index (χ4v) is 8.95. The summed E-state index contributed by atoms with van der Waals surface area (Å²) in [5.74, 6) is 3.65. The third-order valence-corrected chi connectivity index (χ3v) is 12.2. The number of fused-ring (bicyclic) bond motifs is 6. The Kier molecular flexibility index (Phi) is 18.4. The smallest absolute Gasteiger partial charge is 0.237 e. The summed E-state index contributed by atoms with van der Waals surface area (Å²) in [7, 11) is 9.51. The summed E-state index contributed by atoms with van der Waals surface area (Å²) in [5.41, 5.74) is 7.42. The van der Waals surface area contributed by atoms with Crippen molar-refractivity contribution in [3.8, 4) is 68.2 Å². The Labute approximate surface area is 407 Å². The molecule has 2 aliphatic carbocycles. The number of alkyl halides is 1. The van der Waals surface area contributed by atoms with Crippen LogP contribution in [0, 0.1) is 0 Å². The highest BCUT2D eigenvalue weighted by Crippen LogP contribution is 2.52. The van der Waals surface area contributed by atoms with Gasteiger partial charge in [0.15, 0.2) is 36.5 Å². The van der Waals surface area contributed by atoms with Crippen LogP contribution in [0.3, 0.4) is 0 Å². The average molecular weight is 977 g/mol. The van der Waals surface area contributed by atoms with Crippen LogP contribution < -0.4 is 59.2 Å². The summed E-state index contributed by atoms with van der Waals surface area (Å²) in [6.45, 7) is 6.10. The summed E-state index contributed by atoms with van der Waals surface area (Å²) < 4.78 is 50.8.